The van der Waals surface area contributed by atoms with Crippen molar-refractivity contribution in [2.45, 2.75) is 40.0 Å². The van der Waals surface area contributed by atoms with Crippen LogP contribution >= 0.6 is 0 Å². The molecule has 0 radical (unpaired) electrons. The van der Waals surface area contributed by atoms with Gasteiger partial charge in [-0.15, -0.1) is 0 Å². The molecule has 3 heteroatoms. The van der Waals surface area contributed by atoms with E-state index in [0.717, 1.165) is 22.3 Å². The van der Waals surface area contributed by atoms with E-state index in [1.54, 1.807) is 13.0 Å². The minimum absolute atomic E-state index is 0.00423. The summed E-state index contributed by atoms with van der Waals surface area (Å²) in [6, 6.07) is 3.84. The van der Waals surface area contributed by atoms with E-state index in [1.165, 1.54) is 6.08 Å². The lowest BCUT2D eigenvalue weighted by molar-refractivity contribution is -0.137. The highest BCUT2D eigenvalue weighted by molar-refractivity contribution is 6.13. The topological polar surface area (TPSA) is 54.4 Å². The highest BCUT2D eigenvalue weighted by Gasteiger charge is 2.54. The first-order chi connectivity index (χ1) is 11.7. The molecule has 3 nitrogen and oxygen atoms in total. The third kappa shape index (κ3) is 2.41. The first-order valence-corrected chi connectivity index (χ1v) is 8.61. The average molecular weight is 336 g/mol. The van der Waals surface area contributed by atoms with Gasteiger partial charge in [-0.25, -0.2) is 0 Å². The van der Waals surface area contributed by atoms with Gasteiger partial charge in [-0.1, -0.05) is 37.8 Å². The summed E-state index contributed by atoms with van der Waals surface area (Å²) >= 11 is 0. The summed E-state index contributed by atoms with van der Waals surface area (Å²) in [5.41, 5.74) is 3.17. The zero-order valence-corrected chi connectivity index (χ0v) is 15.2. The third-order valence-electron chi connectivity index (χ3n) is 5.91. The van der Waals surface area contributed by atoms with Gasteiger partial charge in [0.1, 0.15) is 5.75 Å². The van der Waals surface area contributed by atoms with E-state index < -0.39 is 5.41 Å². The van der Waals surface area contributed by atoms with Gasteiger partial charge in [0.25, 0.3) is 0 Å². The molecule has 3 rings (SSSR count). The van der Waals surface area contributed by atoms with Crippen molar-refractivity contribution in [1.82, 2.24) is 0 Å². The van der Waals surface area contributed by atoms with E-state index in [-0.39, 0.29) is 29.2 Å². The van der Waals surface area contributed by atoms with Crippen LogP contribution in [0.4, 0.5) is 0 Å². The highest BCUT2D eigenvalue weighted by atomic mass is 16.3. The molecule has 3 atom stereocenters. The second-order valence-electron chi connectivity index (χ2n) is 7.47. The van der Waals surface area contributed by atoms with E-state index in [4.69, 9.17) is 0 Å². The van der Waals surface area contributed by atoms with Crippen molar-refractivity contribution in [3.05, 3.63) is 64.8 Å². The van der Waals surface area contributed by atoms with Crippen LogP contribution in [0.15, 0.2) is 48.1 Å². The smallest absolute Gasteiger partial charge is 0.163 e. The average Bonchev–Trinajstić information content (AvgIpc) is 2.56. The Morgan fingerprint density at radius 2 is 1.80 bits per heavy atom. The molecule has 25 heavy (non-hydrogen) atoms. The van der Waals surface area contributed by atoms with Gasteiger partial charge in [-0.2, -0.15) is 0 Å². The molecular formula is C22H24O3. The molecule has 0 bridgehead atoms. The molecule has 0 spiro atoms. The van der Waals surface area contributed by atoms with Gasteiger partial charge < -0.3 is 5.11 Å². The van der Waals surface area contributed by atoms with Crippen molar-refractivity contribution < 1.29 is 14.7 Å². The van der Waals surface area contributed by atoms with Crippen LogP contribution < -0.4 is 0 Å². The summed E-state index contributed by atoms with van der Waals surface area (Å²) in [5, 5.41) is 10.1. The molecule has 0 fully saturated rings. The van der Waals surface area contributed by atoms with Crippen molar-refractivity contribution in [3.8, 4) is 5.75 Å². The maximum atomic E-state index is 13.0. The Kier molecular flexibility index (Phi) is 4.06. The van der Waals surface area contributed by atoms with Crippen molar-refractivity contribution >= 4 is 11.6 Å². The van der Waals surface area contributed by atoms with Crippen LogP contribution in [-0.4, -0.2) is 16.7 Å². The van der Waals surface area contributed by atoms with Gasteiger partial charge in [0, 0.05) is 11.8 Å². The summed E-state index contributed by atoms with van der Waals surface area (Å²) in [6.07, 6.45) is 5.87. The number of phenolic OH excluding ortho intramolecular Hbond substituents is 1. The predicted octanol–water partition coefficient (Wildman–Crippen LogP) is 4.33. The van der Waals surface area contributed by atoms with E-state index in [0.29, 0.717) is 12.0 Å². The number of benzene rings is 1. The number of Topliss-reactive ketones (excluding diaryl/α,β-unsaturated/α-hetero) is 1. The number of allylic oxidation sites excluding steroid dienone is 5. The lowest BCUT2D eigenvalue weighted by atomic mass is 9.53. The van der Waals surface area contributed by atoms with Crippen LogP contribution in [-0.2, 0) is 9.59 Å². The Morgan fingerprint density at radius 3 is 2.36 bits per heavy atom. The Bertz CT molecular complexity index is 833. The van der Waals surface area contributed by atoms with Crippen molar-refractivity contribution in [3.63, 3.8) is 0 Å². The molecule has 0 saturated heterocycles. The van der Waals surface area contributed by atoms with Crippen LogP contribution in [0, 0.1) is 25.2 Å². The zero-order valence-electron chi connectivity index (χ0n) is 15.2. The zero-order chi connectivity index (χ0) is 18.5. The molecule has 2 aliphatic carbocycles. The SMILES string of the molecule is C=CC1=CC[C@H]2C(=O)C(C)=CC(=O)[C@@]2(C)[C@H]1c1cc(C)c(O)c(C)c1. The van der Waals surface area contributed by atoms with Crippen LogP contribution in [0.2, 0.25) is 0 Å². The summed E-state index contributed by atoms with van der Waals surface area (Å²) in [4.78, 5) is 25.8. The molecule has 0 heterocycles. The molecule has 0 aliphatic heterocycles. The largest absolute Gasteiger partial charge is 0.507 e. The Labute approximate surface area is 148 Å². The second kappa shape index (κ2) is 5.83. The van der Waals surface area contributed by atoms with Crippen molar-refractivity contribution in [2.24, 2.45) is 11.3 Å². The molecule has 1 aromatic carbocycles. The molecular weight excluding hydrogens is 312 g/mol. The van der Waals surface area contributed by atoms with Crippen LogP contribution in [0.3, 0.4) is 0 Å². The molecule has 1 N–H and O–H groups in total. The molecule has 0 unspecified atom stereocenters. The van der Waals surface area contributed by atoms with Gasteiger partial charge in [-0.05, 0) is 61.1 Å². The van der Waals surface area contributed by atoms with E-state index in [9.17, 15) is 14.7 Å². The minimum atomic E-state index is -0.829. The summed E-state index contributed by atoms with van der Waals surface area (Å²) in [5.74, 6) is -0.281. The normalized spacial score (nSPS) is 29.0. The number of ketones is 2. The number of aromatic hydroxyl groups is 1. The molecule has 130 valence electrons. The van der Waals surface area contributed by atoms with E-state index in [2.05, 4.69) is 6.58 Å². The Morgan fingerprint density at radius 1 is 1.20 bits per heavy atom. The van der Waals surface area contributed by atoms with E-state index >= 15 is 0 Å². The Balaban J connectivity index is 2.26. The maximum absolute atomic E-state index is 13.0. The maximum Gasteiger partial charge on any atom is 0.163 e. The number of carbonyl (C=O) groups is 2. The standard InChI is InChI=1S/C22H24O3/c1-6-15-7-8-17-21(25)14(4)11-18(23)22(17,5)19(15)16-9-12(2)20(24)13(3)10-16/h6-7,9-11,17,19,24H,1,8H2,2-5H3/t17-,19+,22-/m0/s1. The van der Waals surface area contributed by atoms with Gasteiger partial charge in [-0.3, -0.25) is 9.59 Å². The fraction of sp³-hybridized carbons (Fsp3) is 0.364. The van der Waals surface area contributed by atoms with Crippen LogP contribution in [0.25, 0.3) is 0 Å². The molecule has 0 saturated carbocycles. The number of hydrogen-bond acceptors (Lipinski definition) is 3. The summed E-state index contributed by atoms with van der Waals surface area (Å²) in [6.45, 7) is 11.2. The molecule has 1 aromatic rings. The lowest BCUT2D eigenvalue weighted by Crippen LogP contribution is -2.49. The minimum Gasteiger partial charge on any atom is -0.507 e. The fourth-order valence-electron chi connectivity index (χ4n) is 4.45. The monoisotopic (exact) mass is 336 g/mol. The van der Waals surface area contributed by atoms with Gasteiger partial charge >= 0.3 is 0 Å². The Hall–Kier alpha value is -2.42. The quantitative estimate of drug-likeness (QED) is 0.874. The number of carbonyl (C=O) groups excluding carboxylic acids is 2. The van der Waals surface area contributed by atoms with Crippen molar-refractivity contribution in [2.75, 3.05) is 0 Å². The first kappa shape index (κ1) is 17.4. The highest BCUT2D eigenvalue weighted by Crippen LogP contribution is 2.55. The summed E-state index contributed by atoms with van der Waals surface area (Å²) in [7, 11) is 0. The fourth-order valence-corrected chi connectivity index (χ4v) is 4.45. The number of fused-ring (bicyclic) bond motifs is 1. The first-order valence-electron chi connectivity index (χ1n) is 8.61. The van der Waals surface area contributed by atoms with Crippen LogP contribution in [0.5, 0.6) is 5.75 Å². The summed E-state index contributed by atoms with van der Waals surface area (Å²) < 4.78 is 0. The third-order valence-corrected chi connectivity index (χ3v) is 5.91. The predicted molar refractivity (Wildman–Crippen MR) is 98.6 cm³/mol. The number of rotatable bonds is 2. The van der Waals surface area contributed by atoms with Gasteiger partial charge in [0.15, 0.2) is 11.6 Å². The second-order valence-corrected chi connectivity index (χ2v) is 7.47. The van der Waals surface area contributed by atoms with Crippen LogP contribution in [0.1, 0.15) is 42.9 Å². The van der Waals surface area contributed by atoms with E-state index in [1.807, 2.05) is 39.0 Å². The van der Waals surface area contributed by atoms with Crippen molar-refractivity contribution in [1.29, 1.82) is 0 Å². The lowest BCUT2D eigenvalue weighted by Gasteiger charge is -2.47. The van der Waals surface area contributed by atoms with Gasteiger partial charge in [0.2, 0.25) is 0 Å². The molecule has 0 aromatic heterocycles. The van der Waals surface area contributed by atoms with Gasteiger partial charge in [0.05, 0.1) is 5.41 Å². The number of phenols is 1. The molecule has 2 aliphatic rings. The number of hydrogen-bond donors (Lipinski definition) is 1. The molecule has 0 amide bonds. The number of aryl methyl sites for hydroxylation is 2.